The fraction of sp³-hybridized carbons (Fsp3) is 0.0625. The summed E-state index contributed by atoms with van der Waals surface area (Å²) in [5, 5.41) is 18.3. The maximum atomic E-state index is 12.7. The molecule has 4 rings (SSSR count). The number of ketones is 2. The van der Waals surface area contributed by atoms with Crippen molar-refractivity contribution < 1.29 is 48.5 Å². The number of esters is 2. The van der Waals surface area contributed by atoms with Gasteiger partial charge < -0.3 is 19.7 Å². The number of carbonyl (C=O) groups excluding carboxylic acids is 4. The number of benzene rings is 4. The SMILES string of the molecule is COC(=O)c1cc(C(=O)c2ccccc2)c(C(=O)OC)cc1I.O=C(O)c1cc(Br)c(C(=O)O)c(C(=O)c2ccccc2)c1. The van der Waals surface area contributed by atoms with E-state index in [9.17, 15) is 33.9 Å². The van der Waals surface area contributed by atoms with Crippen LogP contribution in [0.3, 0.4) is 0 Å². The molecule has 0 fully saturated rings. The first-order valence-corrected chi connectivity index (χ1v) is 14.3. The van der Waals surface area contributed by atoms with Crippen molar-refractivity contribution in [3.05, 3.63) is 137 Å². The highest BCUT2D eigenvalue weighted by molar-refractivity contribution is 14.1. The predicted octanol–water partition coefficient (Wildman–Crippen LogP) is 6.17. The van der Waals surface area contributed by atoms with E-state index in [1.165, 1.54) is 38.5 Å². The Hall–Kier alpha value is -4.69. The van der Waals surface area contributed by atoms with Crippen LogP contribution in [-0.4, -0.2) is 59.9 Å². The minimum Gasteiger partial charge on any atom is -0.478 e. The number of methoxy groups -OCH3 is 2. The highest BCUT2D eigenvalue weighted by atomic mass is 127. The molecule has 0 radical (unpaired) electrons. The quantitative estimate of drug-likeness (QED) is 0.120. The van der Waals surface area contributed by atoms with Gasteiger partial charge in [0, 0.05) is 30.3 Å². The second kappa shape index (κ2) is 15.2. The Labute approximate surface area is 272 Å². The lowest BCUT2D eigenvalue weighted by Gasteiger charge is -2.11. The molecule has 0 amide bonds. The van der Waals surface area contributed by atoms with Gasteiger partial charge in [-0.1, -0.05) is 60.7 Å². The van der Waals surface area contributed by atoms with Gasteiger partial charge in [-0.3, -0.25) is 9.59 Å². The summed E-state index contributed by atoms with van der Waals surface area (Å²) >= 11 is 4.92. The predicted molar refractivity (Wildman–Crippen MR) is 170 cm³/mol. The van der Waals surface area contributed by atoms with E-state index in [1.807, 2.05) is 22.6 Å². The van der Waals surface area contributed by atoms with E-state index in [2.05, 4.69) is 15.9 Å². The van der Waals surface area contributed by atoms with Crippen LogP contribution in [-0.2, 0) is 9.47 Å². The van der Waals surface area contributed by atoms with Crippen molar-refractivity contribution in [1.82, 2.24) is 0 Å². The first-order chi connectivity index (χ1) is 20.9. The minimum absolute atomic E-state index is 0.0502. The molecule has 12 heteroatoms. The smallest absolute Gasteiger partial charge is 0.338 e. The van der Waals surface area contributed by atoms with E-state index in [4.69, 9.17) is 14.6 Å². The molecule has 224 valence electrons. The molecular weight excluding hydrogens is 751 g/mol. The molecule has 0 atom stereocenters. The number of hydrogen-bond donors (Lipinski definition) is 2. The van der Waals surface area contributed by atoms with E-state index in [0.717, 1.165) is 12.1 Å². The number of aromatic carboxylic acids is 2. The van der Waals surface area contributed by atoms with Gasteiger partial charge in [0.2, 0.25) is 0 Å². The van der Waals surface area contributed by atoms with Crippen LogP contribution >= 0.6 is 38.5 Å². The monoisotopic (exact) mass is 772 g/mol. The minimum atomic E-state index is -1.31. The Morgan fingerprint density at radius 3 is 1.52 bits per heavy atom. The van der Waals surface area contributed by atoms with Gasteiger partial charge in [-0.15, -0.1) is 0 Å². The average molecular weight is 773 g/mol. The van der Waals surface area contributed by atoms with E-state index in [0.29, 0.717) is 9.13 Å². The standard InChI is InChI=1S/C17H13IO5.C15H9BrO5/c1-22-16(20)12-9-14(18)13(17(21)23-2)8-11(12)15(19)10-6-4-3-5-7-10;16-11-7-9(14(18)19)6-10(12(11)15(20)21)13(17)8-4-2-1-3-5-8/h3-9H,1-2H3;1-7H,(H,18,19)(H,20,21). The number of halogens is 2. The number of carbonyl (C=O) groups is 6. The first kappa shape index (κ1) is 33.8. The second-order valence-electron chi connectivity index (χ2n) is 8.74. The molecule has 0 aliphatic rings. The summed E-state index contributed by atoms with van der Waals surface area (Å²) < 4.78 is 10.00. The van der Waals surface area contributed by atoms with Gasteiger partial charge in [-0.2, -0.15) is 0 Å². The summed E-state index contributed by atoms with van der Waals surface area (Å²) in [5.41, 5.74) is 0.548. The van der Waals surface area contributed by atoms with Crippen molar-refractivity contribution in [3.63, 3.8) is 0 Å². The Balaban J connectivity index is 0.000000241. The molecule has 10 nitrogen and oxygen atoms in total. The molecule has 0 aromatic heterocycles. The lowest BCUT2D eigenvalue weighted by molar-refractivity contribution is 0.0584. The van der Waals surface area contributed by atoms with Gasteiger partial charge in [0.05, 0.1) is 36.5 Å². The van der Waals surface area contributed by atoms with Crippen LogP contribution in [0.15, 0.2) is 89.4 Å². The van der Waals surface area contributed by atoms with Crippen molar-refractivity contribution in [2.45, 2.75) is 0 Å². The molecule has 0 unspecified atom stereocenters. The van der Waals surface area contributed by atoms with Crippen LogP contribution in [0.4, 0.5) is 0 Å². The Kier molecular flexibility index (Phi) is 11.6. The van der Waals surface area contributed by atoms with Crippen LogP contribution in [0.1, 0.15) is 73.3 Å². The molecule has 4 aromatic rings. The van der Waals surface area contributed by atoms with Crippen LogP contribution in [0, 0.1) is 3.57 Å². The second-order valence-corrected chi connectivity index (χ2v) is 10.8. The highest BCUT2D eigenvalue weighted by Gasteiger charge is 2.25. The number of carboxylic acids is 2. The molecule has 0 saturated heterocycles. The maximum absolute atomic E-state index is 12.7. The molecule has 0 aliphatic heterocycles. The summed E-state index contributed by atoms with van der Waals surface area (Å²) in [6, 6.07) is 21.6. The van der Waals surface area contributed by atoms with Gasteiger partial charge in [0.1, 0.15) is 0 Å². The van der Waals surface area contributed by atoms with Crippen molar-refractivity contribution in [1.29, 1.82) is 0 Å². The Bertz CT molecular complexity index is 1770. The number of ether oxygens (including phenoxy) is 2. The normalized spacial score (nSPS) is 10.1. The number of carboxylic acid groups (broad SMARTS) is 2. The van der Waals surface area contributed by atoms with Crippen molar-refractivity contribution in [3.8, 4) is 0 Å². The Morgan fingerprint density at radius 2 is 1.07 bits per heavy atom. The number of rotatable bonds is 8. The summed E-state index contributed by atoms with van der Waals surface area (Å²) in [4.78, 5) is 71.3. The average Bonchev–Trinajstić information content (AvgIpc) is 3.03. The highest BCUT2D eigenvalue weighted by Crippen LogP contribution is 2.26. The van der Waals surface area contributed by atoms with Gasteiger partial charge in [-0.05, 0) is 62.8 Å². The van der Waals surface area contributed by atoms with Crippen molar-refractivity contribution >= 4 is 74.0 Å². The molecular formula is C32H22BrIO10. The van der Waals surface area contributed by atoms with E-state index in [-0.39, 0.29) is 49.2 Å². The lowest BCUT2D eigenvalue weighted by Crippen LogP contribution is -2.15. The summed E-state index contributed by atoms with van der Waals surface area (Å²) in [6.07, 6.45) is 0. The van der Waals surface area contributed by atoms with Gasteiger partial charge in [0.25, 0.3) is 0 Å². The molecule has 0 saturated carbocycles. The zero-order valence-corrected chi connectivity index (χ0v) is 26.7. The third kappa shape index (κ3) is 7.82. The van der Waals surface area contributed by atoms with Crippen molar-refractivity contribution in [2.24, 2.45) is 0 Å². The number of hydrogen-bond acceptors (Lipinski definition) is 8. The molecule has 0 bridgehead atoms. The molecule has 0 spiro atoms. The molecule has 4 aromatic carbocycles. The molecule has 0 aliphatic carbocycles. The zero-order valence-electron chi connectivity index (χ0n) is 23.0. The fourth-order valence-electron chi connectivity index (χ4n) is 3.92. The van der Waals surface area contributed by atoms with Crippen LogP contribution in [0.2, 0.25) is 0 Å². The van der Waals surface area contributed by atoms with E-state index in [1.54, 1.807) is 48.5 Å². The first-order valence-electron chi connectivity index (χ1n) is 12.4. The largest absolute Gasteiger partial charge is 0.478 e. The van der Waals surface area contributed by atoms with E-state index >= 15 is 0 Å². The van der Waals surface area contributed by atoms with E-state index < -0.39 is 29.7 Å². The third-order valence-corrected chi connectivity index (χ3v) is 7.55. The molecule has 2 N–H and O–H groups in total. The van der Waals surface area contributed by atoms with Crippen LogP contribution in [0.25, 0.3) is 0 Å². The van der Waals surface area contributed by atoms with Gasteiger partial charge in [-0.25, -0.2) is 19.2 Å². The zero-order chi connectivity index (χ0) is 32.6. The third-order valence-electron chi connectivity index (χ3n) is 6.03. The van der Waals surface area contributed by atoms with Crippen molar-refractivity contribution in [2.75, 3.05) is 14.2 Å². The lowest BCUT2D eigenvalue weighted by atomic mass is 9.96. The Morgan fingerprint density at radius 1 is 0.591 bits per heavy atom. The van der Waals surface area contributed by atoms with Crippen LogP contribution in [0.5, 0.6) is 0 Å². The van der Waals surface area contributed by atoms with Gasteiger partial charge >= 0.3 is 23.9 Å². The van der Waals surface area contributed by atoms with Gasteiger partial charge in [0.15, 0.2) is 11.6 Å². The molecule has 44 heavy (non-hydrogen) atoms. The fourth-order valence-corrected chi connectivity index (χ4v) is 5.24. The topological polar surface area (TPSA) is 161 Å². The van der Waals surface area contributed by atoms with Crippen LogP contribution < -0.4 is 0 Å². The summed E-state index contributed by atoms with van der Waals surface area (Å²) in [6.45, 7) is 0. The summed E-state index contributed by atoms with van der Waals surface area (Å²) in [5.74, 6) is -4.68. The summed E-state index contributed by atoms with van der Waals surface area (Å²) in [7, 11) is 2.49. The maximum Gasteiger partial charge on any atom is 0.338 e. The molecule has 0 heterocycles.